The summed E-state index contributed by atoms with van der Waals surface area (Å²) in [4.78, 5) is 10.8. The molecule has 1 saturated carbocycles. The fourth-order valence-corrected chi connectivity index (χ4v) is 2.51. The first-order valence-electron chi connectivity index (χ1n) is 5.08. The van der Waals surface area contributed by atoms with Crippen LogP contribution in [0, 0.1) is 5.41 Å². The molecule has 0 aromatic heterocycles. The van der Waals surface area contributed by atoms with Gasteiger partial charge in [-0.2, -0.15) is 0 Å². The molecule has 16 heavy (non-hydrogen) atoms. The van der Waals surface area contributed by atoms with Crippen molar-refractivity contribution in [2.75, 3.05) is 26.0 Å². The third kappa shape index (κ3) is 4.07. The van der Waals surface area contributed by atoms with Crippen LogP contribution >= 0.6 is 0 Å². The largest absolute Gasteiger partial charge is 0.468 e. The Kier molecular flexibility index (Phi) is 4.28. The summed E-state index contributed by atoms with van der Waals surface area (Å²) < 4.78 is 29.5. The van der Waals surface area contributed by atoms with Crippen LogP contribution in [0.1, 0.15) is 19.3 Å². The Balaban J connectivity index is 2.39. The summed E-state index contributed by atoms with van der Waals surface area (Å²) in [5, 5.41) is 8.80. The molecule has 0 aromatic rings. The van der Waals surface area contributed by atoms with Crippen LogP contribution in [0.5, 0.6) is 0 Å². The molecular formula is C9H17NO5S. The zero-order valence-corrected chi connectivity index (χ0v) is 10.0. The number of aliphatic hydroxyl groups is 1. The van der Waals surface area contributed by atoms with E-state index in [1.165, 1.54) is 0 Å². The second-order valence-electron chi connectivity index (χ2n) is 4.13. The van der Waals surface area contributed by atoms with Crippen LogP contribution in [0.15, 0.2) is 0 Å². The molecule has 0 amide bonds. The molecular weight excluding hydrogens is 234 g/mol. The number of sulfonamides is 1. The van der Waals surface area contributed by atoms with Crippen LogP contribution in [0.3, 0.4) is 0 Å². The smallest absolute Gasteiger partial charge is 0.322 e. The van der Waals surface area contributed by atoms with E-state index in [0.29, 0.717) is 6.42 Å². The minimum absolute atomic E-state index is 0.0543. The Labute approximate surface area is 95.0 Å². The van der Waals surface area contributed by atoms with Crippen LogP contribution in [0.4, 0.5) is 0 Å². The molecule has 0 heterocycles. The first kappa shape index (κ1) is 13.4. The number of aliphatic hydroxyl groups excluding tert-OH is 1. The van der Waals surface area contributed by atoms with E-state index in [0.717, 1.165) is 20.0 Å². The quantitative estimate of drug-likeness (QED) is 0.580. The standard InChI is InChI=1S/C9H17NO5S/c1-15-8(12)6-16(13,14)10-7-9(2-3-9)4-5-11/h10-11H,2-7H2,1H3. The van der Waals surface area contributed by atoms with Gasteiger partial charge in [0.15, 0.2) is 5.75 Å². The predicted octanol–water partition coefficient (Wildman–Crippen LogP) is -0.759. The zero-order chi connectivity index (χ0) is 12.2. The van der Waals surface area contributed by atoms with E-state index in [-0.39, 0.29) is 18.6 Å². The molecule has 0 spiro atoms. The van der Waals surface area contributed by atoms with Gasteiger partial charge in [0.25, 0.3) is 0 Å². The summed E-state index contributed by atoms with van der Waals surface area (Å²) in [5.74, 6) is -1.43. The summed E-state index contributed by atoms with van der Waals surface area (Å²) in [6.45, 7) is 0.339. The number of rotatable bonds is 7. The molecule has 2 N–H and O–H groups in total. The monoisotopic (exact) mass is 251 g/mol. The van der Waals surface area contributed by atoms with Crippen LogP contribution < -0.4 is 4.72 Å². The fraction of sp³-hybridized carbons (Fsp3) is 0.889. The Morgan fingerprint density at radius 2 is 2.12 bits per heavy atom. The fourth-order valence-electron chi connectivity index (χ4n) is 1.46. The van der Waals surface area contributed by atoms with Gasteiger partial charge in [0, 0.05) is 13.2 Å². The number of carbonyl (C=O) groups is 1. The Bertz CT molecular complexity index is 347. The normalized spacial score (nSPS) is 18.1. The van der Waals surface area contributed by atoms with Gasteiger partial charge < -0.3 is 9.84 Å². The number of methoxy groups -OCH3 is 1. The van der Waals surface area contributed by atoms with Crippen LogP contribution in [0.25, 0.3) is 0 Å². The molecule has 6 nitrogen and oxygen atoms in total. The SMILES string of the molecule is COC(=O)CS(=O)(=O)NCC1(CCO)CC1. The van der Waals surface area contributed by atoms with Crippen molar-refractivity contribution in [1.29, 1.82) is 0 Å². The van der Waals surface area contributed by atoms with Crippen molar-refractivity contribution >= 4 is 16.0 Å². The molecule has 94 valence electrons. The molecule has 0 bridgehead atoms. The molecule has 0 unspecified atom stereocenters. The molecule has 0 atom stereocenters. The van der Waals surface area contributed by atoms with Gasteiger partial charge in [-0.1, -0.05) is 0 Å². The van der Waals surface area contributed by atoms with Gasteiger partial charge in [0.1, 0.15) is 0 Å². The summed E-state index contributed by atoms with van der Waals surface area (Å²) in [5.41, 5.74) is -0.0993. The van der Waals surface area contributed by atoms with Crippen molar-refractivity contribution in [2.45, 2.75) is 19.3 Å². The van der Waals surface area contributed by atoms with E-state index in [1.807, 2.05) is 0 Å². The maximum atomic E-state index is 11.4. The van der Waals surface area contributed by atoms with E-state index < -0.39 is 21.7 Å². The Hall–Kier alpha value is -0.660. The summed E-state index contributed by atoms with van der Waals surface area (Å²) in [6, 6.07) is 0. The molecule has 1 aliphatic carbocycles. The molecule has 1 rings (SSSR count). The lowest BCUT2D eigenvalue weighted by Gasteiger charge is -2.14. The zero-order valence-electron chi connectivity index (χ0n) is 9.23. The Morgan fingerprint density at radius 3 is 2.56 bits per heavy atom. The minimum Gasteiger partial charge on any atom is -0.468 e. The number of hydrogen-bond donors (Lipinski definition) is 2. The van der Waals surface area contributed by atoms with E-state index in [1.54, 1.807) is 0 Å². The van der Waals surface area contributed by atoms with Crippen LogP contribution in [-0.2, 0) is 19.6 Å². The number of ether oxygens (including phenoxy) is 1. The highest BCUT2D eigenvalue weighted by Crippen LogP contribution is 2.47. The maximum absolute atomic E-state index is 11.4. The van der Waals surface area contributed by atoms with Crippen LogP contribution in [0.2, 0.25) is 0 Å². The average molecular weight is 251 g/mol. The first-order valence-corrected chi connectivity index (χ1v) is 6.73. The van der Waals surface area contributed by atoms with E-state index in [9.17, 15) is 13.2 Å². The second-order valence-corrected chi connectivity index (χ2v) is 5.94. The Morgan fingerprint density at radius 1 is 1.50 bits per heavy atom. The van der Waals surface area contributed by atoms with Crippen molar-refractivity contribution in [3.05, 3.63) is 0 Å². The molecule has 1 fully saturated rings. The topological polar surface area (TPSA) is 92.7 Å². The lowest BCUT2D eigenvalue weighted by Crippen LogP contribution is -2.35. The van der Waals surface area contributed by atoms with E-state index in [4.69, 9.17) is 5.11 Å². The van der Waals surface area contributed by atoms with Gasteiger partial charge in [-0.25, -0.2) is 13.1 Å². The van der Waals surface area contributed by atoms with Gasteiger partial charge in [-0.05, 0) is 24.7 Å². The van der Waals surface area contributed by atoms with Gasteiger partial charge in [-0.3, -0.25) is 4.79 Å². The third-order valence-corrected chi connectivity index (χ3v) is 4.00. The van der Waals surface area contributed by atoms with Crippen molar-refractivity contribution in [3.63, 3.8) is 0 Å². The minimum atomic E-state index is -3.61. The number of esters is 1. The third-order valence-electron chi connectivity index (χ3n) is 2.80. The van der Waals surface area contributed by atoms with Crippen molar-refractivity contribution < 1.29 is 23.1 Å². The molecule has 0 saturated heterocycles. The van der Waals surface area contributed by atoms with Crippen molar-refractivity contribution in [1.82, 2.24) is 4.72 Å². The predicted molar refractivity (Wildman–Crippen MR) is 57.2 cm³/mol. The van der Waals surface area contributed by atoms with E-state index >= 15 is 0 Å². The van der Waals surface area contributed by atoms with Gasteiger partial charge >= 0.3 is 5.97 Å². The molecule has 0 aromatic carbocycles. The molecule has 7 heteroatoms. The highest BCUT2D eigenvalue weighted by Gasteiger charge is 2.42. The van der Waals surface area contributed by atoms with E-state index in [2.05, 4.69) is 9.46 Å². The maximum Gasteiger partial charge on any atom is 0.322 e. The van der Waals surface area contributed by atoms with Crippen molar-refractivity contribution in [2.24, 2.45) is 5.41 Å². The van der Waals surface area contributed by atoms with Gasteiger partial charge in [-0.15, -0.1) is 0 Å². The molecule has 0 aliphatic heterocycles. The lowest BCUT2D eigenvalue weighted by molar-refractivity contribution is -0.137. The average Bonchev–Trinajstić information content (AvgIpc) is 2.96. The summed E-state index contributed by atoms with van der Waals surface area (Å²) >= 11 is 0. The second kappa shape index (κ2) is 5.11. The summed E-state index contributed by atoms with van der Waals surface area (Å²) in [6.07, 6.45) is 2.41. The van der Waals surface area contributed by atoms with Gasteiger partial charge in [0.2, 0.25) is 10.0 Å². The number of carbonyl (C=O) groups excluding carboxylic acids is 1. The molecule has 1 aliphatic rings. The highest BCUT2D eigenvalue weighted by atomic mass is 32.2. The summed E-state index contributed by atoms with van der Waals surface area (Å²) in [7, 11) is -2.47. The van der Waals surface area contributed by atoms with Crippen LogP contribution in [-0.4, -0.2) is 45.5 Å². The van der Waals surface area contributed by atoms with Gasteiger partial charge in [0.05, 0.1) is 7.11 Å². The first-order chi connectivity index (χ1) is 7.43. The number of nitrogens with one attached hydrogen (secondary N) is 1. The van der Waals surface area contributed by atoms with Crippen molar-refractivity contribution in [3.8, 4) is 0 Å². The highest BCUT2D eigenvalue weighted by molar-refractivity contribution is 7.90. The molecule has 0 radical (unpaired) electrons. The lowest BCUT2D eigenvalue weighted by atomic mass is 10.0. The number of hydrogen-bond acceptors (Lipinski definition) is 5.